The first kappa shape index (κ1) is 19.1. The zero-order valence-electron chi connectivity index (χ0n) is 16.3. The molecule has 0 radical (unpaired) electrons. The van der Waals surface area contributed by atoms with Crippen LogP contribution in [0.4, 0.5) is 17.2 Å². The van der Waals surface area contributed by atoms with E-state index < -0.39 is 4.92 Å². The minimum absolute atomic E-state index is 0.124. The van der Waals surface area contributed by atoms with E-state index >= 15 is 0 Å². The van der Waals surface area contributed by atoms with E-state index in [9.17, 15) is 10.1 Å². The Balaban J connectivity index is 1.79. The highest BCUT2D eigenvalue weighted by Gasteiger charge is 2.18. The SMILES string of the molecule is COc1ccc(Nc2nnc(-c3ccc(OC)c([N+](=O)[O-])c3)c3ccccc23)cc1. The first-order valence-electron chi connectivity index (χ1n) is 9.10. The van der Waals surface area contributed by atoms with Crippen molar-refractivity contribution in [1.29, 1.82) is 0 Å². The Morgan fingerprint density at radius 2 is 1.63 bits per heavy atom. The van der Waals surface area contributed by atoms with Crippen LogP contribution >= 0.6 is 0 Å². The third-order valence-electron chi connectivity index (χ3n) is 4.69. The summed E-state index contributed by atoms with van der Waals surface area (Å²) in [4.78, 5) is 10.9. The lowest BCUT2D eigenvalue weighted by Crippen LogP contribution is -2.00. The largest absolute Gasteiger partial charge is 0.497 e. The van der Waals surface area contributed by atoms with E-state index in [0.717, 1.165) is 22.2 Å². The molecule has 8 heteroatoms. The topological polar surface area (TPSA) is 99.4 Å². The normalized spacial score (nSPS) is 10.6. The van der Waals surface area contributed by atoms with Gasteiger partial charge in [0.1, 0.15) is 11.4 Å². The highest BCUT2D eigenvalue weighted by Crippen LogP contribution is 2.35. The van der Waals surface area contributed by atoms with Gasteiger partial charge in [-0.15, -0.1) is 10.2 Å². The molecule has 1 N–H and O–H groups in total. The summed E-state index contributed by atoms with van der Waals surface area (Å²) in [6.45, 7) is 0. The third-order valence-corrected chi connectivity index (χ3v) is 4.69. The lowest BCUT2D eigenvalue weighted by atomic mass is 10.0. The van der Waals surface area contributed by atoms with Crippen LogP contribution in [0.2, 0.25) is 0 Å². The molecule has 0 aliphatic carbocycles. The number of anilines is 2. The molecular weight excluding hydrogens is 384 g/mol. The second kappa shape index (κ2) is 8.04. The first-order valence-corrected chi connectivity index (χ1v) is 9.10. The van der Waals surface area contributed by atoms with Gasteiger partial charge in [-0.05, 0) is 36.4 Å². The Labute approximate surface area is 172 Å². The maximum Gasteiger partial charge on any atom is 0.311 e. The minimum Gasteiger partial charge on any atom is -0.497 e. The fourth-order valence-electron chi connectivity index (χ4n) is 3.20. The van der Waals surface area contributed by atoms with Crippen LogP contribution in [0.15, 0.2) is 66.7 Å². The summed E-state index contributed by atoms with van der Waals surface area (Å²) in [5.74, 6) is 1.54. The molecule has 0 aliphatic rings. The van der Waals surface area contributed by atoms with E-state index in [0.29, 0.717) is 17.1 Å². The van der Waals surface area contributed by atoms with Gasteiger partial charge in [0, 0.05) is 28.1 Å². The summed E-state index contributed by atoms with van der Waals surface area (Å²) in [5, 5.41) is 25.0. The van der Waals surface area contributed by atoms with E-state index in [1.165, 1.54) is 13.2 Å². The zero-order valence-corrected chi connectivity index (χ0v) is 16.3. The quantitative estimate of drug-likeness (QED) is 0.359. The van der Waals surface area contributed by atoms with Crippen molar-refractivity contribution in [2.75, 3.05) is 19.5 Å². The van der Waals surface area contributed by atoms with Crippen molar-refractivity contribution in [3.8, 4) is 22.8 Å². The number of fused-ring (bicyclic) bond motifs is 1. The first-order chi connectivity index (χ1) is 14.6. The Bertz CT molecular complexity index is 1230. The molecule has 0 saturated carbocycles. The number of hydrogen-bond acceptors (Lipinski definition) is 7. The molecule has 150 valence electrons. The second-order valence-corrected chi connectivity index (χ2v) is 6.44. The lowest BCUT2D eigenvalue weighted by molar-refractivity contribution is -0.385. The van der Waals surface area contributed by atoms with Crippen molar-refractivity contribution in [2.45, 2.75) is 0 Å². The average Bonchev–Trinajstić information content (AvgIpc) is 2.79. The molecule has 8 nitrogen and oxygen atoms in total. The van der Waals surface area contributed by atoms with Gasteiger partial charge in [0.25, 0.3) is 0 Å². The van der Waals surface area contributed by atoms with Crippen molar-refractivity contribution in [1.82, 2.24) is 10.2 Å². The maximum atomic E-state index is 11.4. The Kier molecular flexibility index (Phi) is 5.13. The number of methoxy groups -OCH3 is 2. The number of hydrogen-bond donors (Lipinski definition) is 1. The molecule has 0 spiro atoms. The van der Waals surface area contributed by atoms with Gasteiger partial charge in [-0.1, -0.05) is 24.3 Å². The van der Waals surface area contributed by atoms with Crippen LogP contribution in [-0.4, -0.2) is 29.3 Å². The molecule has 0 unspecified atom stereocenters. The van der Waals surface area contributed by atoms with Crippen LogP contribution in [0.3, 0.4) is 0 Å². The maximum absolute atomic E-state index is 11.4. The molecule has 4 rings (SSSR count). The van der Waals surface area contributed by atoms with Crippen molar-refractivity contribution in [3.05, 3.63) is 76.8 Å². The number of nitrogens with one attached hydrogen (secondary N) is 1. The monoisotopic (exact) mass is 402 g/mol. The van der Waals surface area contributed by atoms with Gasteiger partial charge in [-0.2, -0.15) is 0 Å². The fourth-order valence-corrected chi connectivity index (χ4v) is 3.20. The van der Waals surface area contributed by atoms with Gasteiger partial charge in [0.2, 0.25) is 0 Å². The van der Waals surface area contributed by atoms with Crippen LogP contribution in [0.25, 0.3) is 22.0 Å². The summed E-state index contributed by atoms with van der Waals surface area (Å²) in [6, 6.07) is 19.9. The average molecular weight is 402 g/mol. The summed E-state index contributed by atoms with van der Waals surface area (Å²) >= 11 is 0. The number of ether oxygens (including phenoxy) is 2. The van der Waals surface area contributed by atoms with Crippen molar-refractivity contribution in [3.63, 3.8) is 0 Å². The molecule has 0 atom stereocenters. The Morgan fingerprint density at radius 1 is 0.900 bits per heavy atom. The fraction of sp³-hybridized carbons (Fsp3) is 0.0909. The molecular formula is C22H18N4O4. The predicted octanol–water partition coefficient (Wildman–Crippen LogP) is 4.97. The van der Waals surface area contributed by atoms with E-state index in [1.807, 2.05) is 48.5 Å². The van der Waals surface area contributed by atoms with Gasteiger partial charge < -0.3 is 14.8 Å². The van der Waals surface area contributed by atoms with E-state index in [-0.39, 0.29) is 11.4 Å². The molecule has 0 bridgehead atoms. The summed E-state index contributed by atoms with van der Waals surface area (Å²) in [5.41, 5.74) is 1.85. The molecule has 0 aliphatic heterocycles. The van der Waals surface area contributed by atoms with Crippen LogP contribution < -0.4 is 14.8 Å². The molecule has 0 saturated heterocycles. The molecule has 30 heavy (non-hydrogen) atoms. The molecule has 1 aromatic heterocycles. The smallest absolute Gasteiger partial charge is 0.311 e. The molecule has 1 heterocycles. The summed E-state index contributed by atoms with van der Waals surface area (Å²) < 4.78 is 10.3. The van der Waals surface area contributed by atoms with Gasteiger partial charge in [-0.3, -0.25) is 10.1 Å². The highest BCUT2D eigenvalue weighted by molar-refractivity contribution is 6.01. The van der Waals surface area contributed by atoms with Gasteiger partial charge in [0.05, 0.1) is 19.1 Å². The van der Waals surface area contributed by atoms with Crippen LogP contribution in [0.5, 0.6) is 11.5 Å². The number of nitrogens with zero attached hydrogens (tertiary/aromatic N) is 3. The predicted molar refractivity (Wildman–Crippen MR) is 114 cm³/mol. The van der Waals surface area contributed by atoms with E-state index in [4.69, 9.17) is 9.47 Å². The number of nitro groups is 1. The lowest BCUT2D eigenvalue weighted by Gasteiger charge is -2.12. The van der Waals surface area contributed by atoms with Gasteiger partial charge >= 0.3 is 5.69 Å². The number of aromatic nitrogens is 2. The summed E-state index contributed by atoms with van der Waals surface area (Å²) in [7, 11) is 3.01. The molecule has 3 aromatic carbocycles. The van der Waals surface area contributed by atoms with Crippen LogP contribution in [0.1, 0.15) is 0 Å². The second-order valence-electron chi connectivity index (χ2n) is 6.44. The molecule has 0 amide bonds. The standard InChI is InChI=1S/C22H18N4O4/c1-29-16-10-8-15(9-11-16)23-22-18-6-4-3-5-17(18)21(24-25-22)14-7-12-20(30-2)19(13-14)26(27)28/h3-13H,1-2H3,(H,23,25). The summed E-state index contributed by atoms with van der Waals surface area (Å²) in [6.07, 6.45) is 0. The van der Waals surface area contributed by atoms with Crippen LogP contribution in [0, 0.1) is 10.1 Å². The Morgan fingerprint density at radius 3 is 2.30 bits per heavy atom. The van der Waals surface area contributed by atoms with Gasteiger partial charge in [0.15, 0.2) is 11.6 Å². The minimum atomic E-state index is -0.475. The van der Waals surface area contributed by atoms with E-state index in [2.05, 4.69) is 15.5 Å². The number of benzene rings is 3. The zero-order chi connectivity index (χ0) is 21.1. The number of nitro benzene ring substituents is 1. The van der Waals surface area contributed by atoms with Crippen molar-refractivity contribution >= 4 is 28.0 Å². The Hall–Kier alpha value is -4.20. The number of rotatable bonds is 6. The van der Waals surface area contributed by atoms with Crippen LogP contribution in [-0.2, 0) is 0 Å². The van der Waals surface area contributed by atoms with Gasteiger partial charge in [-0.25, -0.2) is 0 Å². The highest BCUT2D eigenvalue weighted by atomic mass is 16.6. The molecule has 4 aromatic rings. The van der Waals surface area contributed by atoms with Crippen molar-refractivity contribution < 1.29 is 14.4 Å². The third kappa shape index (κ3) is 3.58. The van der Waals surface area contributed by atoms with Crippen molar-refractivity contribution in [2.24, 2.45) is 0 Å². The van der Waals surface area contributed by atoms with E-state index in [1.54, 1.807) is 19.2 Å². The molecule has 0 fully saturated rings.